The summed E-state index contributed by atoms with van der Waals surface area (Å²) in [7, 11) is -1.21. The van der Waals surface area contributed by atoms with Crippen molar-refractivity contribution in [1.29, 1.82) is 0 Å². The standard InChI is InChI=1S/C15H27NSi/c1-8-10-13-14(15(2,3)4)16(13)11-9-12-17(5,6)7/h8,10,13-14H,11H2,1-7H3/b10-8-/t13-,14+,16?/m1/s1. The molecule has 17 heavy (non-hydrogen) atoms. The summed E-state index contributed by atoms with van der Waals surface area (Å²) in [4.78, 5) is 2.51. The molecule has 1 unspecified atom stereocenters. The zero-order chi connectivity index (χ0) is 13.3. The lowest BCUT2D eigenvalue weighted by Gasteiger charge is -2.17. The van der Waals surface area contributed by atoms with E-state index in [4.69, 9.17) is 0 Å². The first-order chi connectivity index (χ1) is 7.67. The fourth-order valence-corrected chi connectivity index (χ4v) is 2.93. The van der Waals surface area contributed by atoms with E-state index < -0.39 is 8.07 Å². The number of hydrogen-bond donors (Lipinski definition) is 0. The van der Waals surface area contributed by atoms with Crippen molar-refractivity contribution in [3.63, 3.8) is 0 Å². The van der Waals surface area contributed by atoms with Gasteiger partial charge in [-0.15, -0.1) is 5.54 Å². The molecule has 1 aliphatic heterocycles. The van der Waals surface area contributed by atoms with Crippen LogP contribution in [0.5, 0.6) is 0 Å². The SMILES string of the molecule is C/C=C\[C@@H]1[C@@H](C(C)(C)C)N1CC#C[Si](C)(C)C. The van der Waals surface area contributed by atoms with Crippen LogP contribution in [-0.2, 0) is 0 Å². The third-order valence-corrected chi connectivity index (χ3v) is 3.90. The fourth-order valence-electron chi connectivity index (χ4n) is 2.32. The van der Waals surface area contributed by atoms with Gasteiger partial charge in [0.05, 0.1) is 6.54 Å². The summed E-state index contributed by atoms with van der Waals surface area (Å²) in [6.45, 7) is 16.9. The second-order valence-electron chi connectivity index (χ2n) is 7.05. The van der Waals surface area contributed by atoms with Crippen LogP contribution >= 0.6 is 0 Å². The van der Waals surface area contributed by atoms with Crippen LogP contribution in [0.25, 0.3) is 0 Å². The Kier molecular flexibility index (Phi) is 4.27. The highest BCUT2D eigenvalue weighted by Gasteiger charge is 2.51. The summed E-state index contributed by atoms with van der Waals surface area (Å²) in [5, 5.41) is 0. The summed E-state index contributed by atoms with van der Waals surface area (Å²) in [6, 6.07) is 1.27. The molecule has 0 aromatic carbocycles. The van der Waals surface area contributed by atoms with Crippen LogP contribution in [0.3, 0.4) is 0 Å². The van der Waals surface area contributed by atoms with Crippen molar-refractivity contribution in [2.24, 2.45) is 5.41 Å². The Bertz CT molecular complexity index is 346. The van der Waals surface area contributed by atoms with Gasteiger partial charge in [0.25, 0.3) is 0 Å². The van der Waals surface area contributed by atoms with Gasteiger partial charge in [0.15, 0.2) is 0 Å². The van der Waals surface area contributed by atoms with E-state index in [0.29, 0.717) is 17.5 Å². The molecule has 1 aliphatic rings. The van der Waals surface area contributed by atoms with Crippen molar-refractivity contribution in [3.8, 4) is 11.5 Å². The minimum absolute atomic E-state index is 0.352. The van der Waals surface area contributed by atoms with E-state index in [1.165, 1.54) is 0 Å². The van der Waals surface area contributed by atoms with Crippen molar-refractivity contribution in [2.75, 3.05) is 6.54 Å². The van der Waals surface area contributed by atoms with E-state index >= 15 is 0 Å². The van der Waals surface area contributed by atoms with Crippen molar-refractivity contribution >= 4 is 8.07 Å². The molecule has 0 radical (unpaired) electrons. The van der Waals surface area contributed by atoms with Crippen molar-refractivity contribution < 1.29 is 0 Å². The number of nitrogens with zero attached hydrogens (tertiary/aromatic N) is 1. The smallest absolute Gasteiger partial charge is 0.129 e. The Morgan fingerprint density at radius 2 is 1.82 bits per heavy atom. The number of allylic oxidation sites excluding steroid dienone is 1. The van der Waals surface area contributed by atoms with E-state index in [1.54, 1.807) is 0 Å². The molecule has 1 rings (SSSR count). The molecular weight excluding hydrogens is 222 g/mol. The van der Waals surface area contributed by atoms with Gasteiger partial charge in [-0.2, -0.15) is 0 Å². The van der Waals surface area contributed by atoms with Crippen molar-refractivity contribution in [3.05, 3.63) is 12.2 Å². The lowest BCUT2D eigenvalue weighted by Crippen LogP contribution is -2.20. The van der Waals surface area contributed by atoms with Crippen LogP contribution in [0.15, 0.2) is 12.2 Å². The van der Waals surface area contributed by atoms with Crippen LogP contribution in [-0.4, -0.2) is 31.6 Å². The van der Waals surface area contributed by atoms with Crippen LogP contribution in [0.4, 0.5) is 0 Å². The molecule has 1 heterocycles. The molecule has 0 spiro atoms. The first-order valence-electron chi connectivity index (χ1n) is 6.55. The molecule has 1 saturated heterocycles. The maximum atomic E-state index is 3.45. The van der Waals surface area contributed by atoms with E-state index in [-0.39, 0.29) is 0 Å². The van der Waals surface area contributed by atoms with Gasteiger partial charge >= 0.3 is 0 Å². The van der Waals surface area contributed by atoms with Gasteiger partial charge in [-0.3, -0.25) is 4.90 Å². The van der Waals surface area contributed by atoms with Crippen LogP contribution in [0.2, 0.25) is 19.6 Å². The van der Waals surface area contributed by atoms with Gasteiger partial charge in [-0.25, -0.2) is 0 Å². The average Bonchev–Trinajstić information content (AvgIpc) is 2.76. The summed E-state index contributed by atoms with van der Waals surface area (Å²) >= 11 is 0. The summed E-state index contributed by atoms with van der Waals surface area (Å²) < 4.78 is 0. The molecule has 2 heteroatoms. The molecule has 0 amide bonds. The molecular formula is C15H27NSi. The molecule has 1 fully saturated rings. The summed E-state index contributed by atoms with van der Waals surface area (Å²) in [5.74, 6) is 3.38. The number of rotatable bonds is 2. The highest BCUT2D eigenvalue weighted by Crippen LogP contribution is 2.41. The maximum absolute atomic E-state index is 3.45. The molecule has 0 saturated carbocycles. The van der Waals surface area contributed by atoms with Gasteiger partial charge in [0.1, 0.15) is 8.07 Å². The Morgan fingerprint density at radius 3 is 2.24 bits per heavy atom. The summed E-state index contributed by atoms with van der Waals surface area (Å²) in [6.07, 6.45) is 4.47. The van der Waals surface area contributed by atoms with Crippen molar-refractivity contribution in [1.82, 2.24) is 4.90 Å². The monoisotopic (exact) mass is 249 g/mol. The van der Waals surface area contributed by atoms with Gasteiger partial charge < -0.3 is 0 Å². The highest BCUT2D eigenvalue weighted by molar-refractivity contribution is 6.83. The zero-order valence-electron chi connectivity index (χ0n) is 12.5. The Morgan fingerprint density at radius 1 is 1.24 bits per heavy atom. The third-order valence-electron chi connectivity index (χ3n) is 2.98. The molecule has 0 aliphatic carbocycles. The predicted octanol–water partition coefficient (Wildman–Crippen LogP) is 3.54. The molecule has 1 nitrogen and oxygen atoms in total. The van der Waals surface area contributed by atoms with Gasteiger partial charge in [0, 0.05) is 12.1 Å². The van der Waals surface area contributed by atoms with E-state index in [1.807, 2.05) is 0 Å². The maximum Gasteiger partial charge on any atom is 0.129 e. The molecule has 0 N–H and O–H groups in total. The topological polar surface area (TPSA) is 3.01 Å². The van der Waals surface area contributed by atoms with Crippen LogP contribution in [0.1, 0.15) is 27.7 Å². The average molecular weight is 249 g/mol. The second kappa shape index (κ2) is 5.00. The van der Waals surface area contributed by atoms with E-state index in [9.17, 15) is 0 Å². The Balaban J connectivity index is 2.62. The quantitative estimate of drug-likeness (QED) is 0.313. The highest BCUT2D eigenvalue weighted by atomic mass is 28.3. The minimum atomic E-state index is -1.21. The van der Waals surface area contributed by atoms with Gasteiger partial charge in [-0.1, -0.05) is 58.5 Å². The molecule has 0 aromatic rings. The molecule has 3 atom stereocenters. The first-order valence-corrected chi connectivity index (χ1v) is 10.1. The third kappa shape index (κ3) is 4.33. The van der Waals surface area contributed by atoms with Crippen LogP contribution < -0.4 is 0 Å². The first kappa shape index (κ1) is 14.5. The van der Waals surface area contributed by atoms with Gasteiger partial charge in [-0.05, 0) is 12.3 Å². The molecule has 96 valence electrons. The lowest BCUT2D eigenvalue weighted by molar-refractivity contribution is 0.341. The second-order valence-corrected chi connectivity index (χ2v) is 11.8. The van der Waals surface area contributed by atoms with Crippen LogP contribution in [0, 0.1) is 16.9 Å². The van der Waals surface area contributed by atoms with E-state index in [2.05, 4.69) is 75.9 Å². The fraction of sp³-hybridized carbons (Fsp3) is 0.733. The predicted molar refractivity (Wildman–Crippen MR) is 79.7 cm³/mol. The van der Waals surface area contributed by atoms with Crippen molar-refractivity contribution in [2.45, 2.75) is 59.4 Å². The summed E-state index contributed by atoms with van der Waals surface area (Å²) in [5.41, 5.74) is 3.80. The normalized spacial score (nSPS) is 29.0. The Hall–Kier alpha value is -0.523. The molecule has 0 bridgehead atoms. The zero-order valence-corrected chi connectivity index (χ0v) is 13.5. The van der Waals surface area contributed by atoms with E-state index in [0.717, 1.165) is 6.54 Å². The minimum Gasteiger partial charge on any atom is -0.279 e. The Labute approximate surface area is 108 Å². The lowest BCUT2D eigenvalue weighted by atomic mass is 9.90. The van der Waals surface area contributed by atoms with Gasteiger partial charge in [0.2, 0.25) is 0 Å². The number of hydrogen-bond acceptors (Lipinski definition) is 1. The molecule has 0 aromatic heterocycles. The largest absolute Gasteiger partial charge is 0.279 e.